The second kappa shape index (κ2) is 8.48. The minimum Gasteiger partial charge on any atom is -0.493 e. The summed E-state index contributed by atoms with van der Waals surface area (Å²) in [5, 5.41) is 0. The summed E-state index contributed by atoms with van der Waals surface area (Å²) in [4.78, 5) is 23.0. The van der Waals surface area contributed by atoms with Gasteiger partial charge in [0.2, 0.25) is 11.9 Å². The predicted octanol–water partition coefficient (Wildman–Crippen LogP) is 0.895. The molecule has 9 heteroatoms. The number of allylic oxidation sites excluding steroid dienone is 1. The lowest BCUT2D eigenvalue weighted by Gasteiger charge is -2.11. The van der Waals surface area contributed by atoms with Crippen LogP contribution in [0.15, 0.2) is 30.9 Å². The molecule has 1 heterocycles. The monoisotopic (exact) mass is 345 g/mol. The minimum atomic E-state index is -0.602. The zero-order valence-corrected chi connectivity index (χ0v) is 13.8. The van der Waals surface area contributed by atoms with Crippen LogP contribution in [0.2, 0.25) is 0 Å². The number of esters is 1. The summed E-state index contributed by atoms with van der Waals surface area (Å²) in [5.74, 6) is 0.420. The number of nitrogens with zero attached hydrogens (tertiary/aromatic N) is 3. The number of ether oxygens (including phenoxy) is 3. The van der Waals surface area contributed by atoms with Gasteiger partial charge in [-0.05, 0) is 24.1 Å². The van der Waals surface area contributed by atoms with E-state index < -0.39 is 5.97 Å². The first-order valence-corrected chi connectivity index (χ1v) is 7.34. The maximum atomic E-state index is 11.8. The van der Waals surface area contributed by atoms with Crippen LogP contribution in [0.4, 0.5) is 11.9 Å². The fraction of sp³-hybridized carbons (Fsp3) is 0.250. The molecule has 2 rings (SSSR count). The van der Waals surface area contributed by atoms with Gasteiger partial charge in [0.15, 0.2) is 30.5 Å². The fourth-order valence-corrected chi connectivity index (χ4v) is 1.97. The van der Waals surface area contributed by atoms with Crippen LogP contribution in [0.5, 0.6) is 11.5 Å². The van der Waals surface area contributed by atoms with E-state index in [0.717, 1.165) is 5.56 Å². The molecule has 0 saturated carbocycles. The van der Waals surface area contributed by atoms with Crippen molar-refractivity contribution in [3.63, 3.8) is 0 Å². The van der Waals surface area contributed by atoms with E-state index in [9.17, 15) is 4.79 Å². The van der Waals surface area contributed by atoms with Crippen molar-refractivity contribution in [1.82, 2.24) is 15.0 Å². The summed E-state index contributed by atoms with van der Waals surface area (Å²) in [5.41, 5.74) is 11.9. The van der Waals surface area contributed by atoms with Crippen LogP contribution < -0.4 is 20.9 Å². The number of nitrogens with two attached hydrogens (primary N) is 2. The molecule has 25 heavy (non-hydrogen) atoms. The van der Waals surface area contributed by atoms with Gasteiger partial charge in [-0.15, -0.1) is 6.58 Å². The van der Waals surface area contributed by atoms with E-state index in [1.807, 2.05) is 12.1 Å². The molecule has 0 atom stereocenters. The molecule has 0 bridgehead atoms. The maximum Gasteiger partial charge on any atom is 0.344 e. The van der Waals surface area contributed by atoms with Crippen LogP contribution in [0.3, 0.4) is 0 Å². The minimum absolute atomic E-state index is 0.0425. The summed E-state index contributed by atoms with van der Waals surface area (Å²) < 4.78 is 15.7. The molecule has 132 valence electrons. The first kappa shape index (κ1) is 18.0. The van der Waals surface area contributed by atoms with Crippen molar-refractivity contribution in [2.24, 2.45) is 0 Å². The van der Waals surface area contributed by atoms with E-state index in [4.69, 9.17) is 25.7 Å². The third kappa shape index (κ3) is 5.34. The normalized spacial score (nSPS) is 10.1. The van der Waals surface area contributed by atoms with Gasteiger partial charge in [-0.2, -0.15) is 15.0 Å². The predicted molar refractivity (Wildman–Crippen MR) is 90.8 cm³/mol. The molecule has 0 saturated heterocycles. The number of benzene rings is 1. The molecule has 4 N–H and O–H groups in total. The van der Waals surface area contributed by atoms with Gasteiger partial charge in [0.05, 0.1) is 7.11 Å². The van der Waals surface area contributed by atoms with E-state index in [1.54, 1.807) is 12.1 Å². The van der Waals surface area contributed by atoms with E-state index >= 15 is 0 Å². The molecule has 1 aromatic carbocycles. The Balaban J connectivity index is 1.90. The standard InChI is InChI=1S/C16H19N5O4/c1-3-4-10-5-6-11(12(7-10)23-2)24-9-14(22)25-8-13-19-15(17)21-16(18)20-13/h3,5-7H,1,4,8-9H2,2H3,(H4,17,18,19,20,21). The number of carbonyl (C=O) groups excluding carboxylic acids is 1. The molecule has 0 aliphatic rings. The Morgan fingerprint density at radius 1 is 1.20 bits per heavy atom. The molecule has 0 amide bonds. The smallest absolute Gasteiger partial charge is 0.344 e. The van der Waals surface area contributed by atoms with Gasteiger partial charge >= 0.3 is 5.97 Å². The Morgan fingerprint density at radius 3 is 2.56 bits per heavy atom. The summed E-state index contributed by atoms with van der Waals surface area (Å²) in [7, 11) is 1.52. The third-order valence-corrected chi connectivity index (χ3v) is 3.03. The summed E-state index contributed by atoms with van der Waals surface area (Å²) in [6, 6.07) is 5.40. The topological polar surface area (TPSA) is 135 Å². The number of aromatic nitrogens is 3. The number of hydrogen-bond donors (Lipinski definition) is 2. The molecule has 0 unspecified atom stereocenters. The van der Waals surface area contributed by atoms with E-state index in [2.05, 4.69) is 21.5 Å². The average molecular weight is 345 g/mol. The van der Waals surface area contributed by atoms with Crippen molar-refractivity contribution in [2.45, 2.75) is 13.0 Å². The van der Waals surface area contributed by atoms with Crippen molar-refractivity contribution >= 4 is 17.9 Å². The molecule has 2 aromatic rings. The van der Waals surface area contributed by atoms with Crippen LogP contribution in [-0.4, -0.2) is 34.6 Å². The molecule has 0 spiro atoms. The summed E-state index contributed by atoms with van der Waals surface area (Å²) in [6.45, 7) is 3.20. The van der Waals surface area contributed by atoms with Crippen LogP contribution in [-0.2, 0) is 22.6 Å². The largest absolute Gasteiger partial charge is 0.493 e. The molecule has 0 aliphatic carbocycles. The van der Waals surface area contributed by atoms with Gasteiger partial charge in [0, 0.05) is 0 Å². The molecular weight excluding hydrogens is 326 g/mol. The fourth-order valence-electron chi connectivity index (χ4n) is 1.97. The maximum absolute atomic E-state index is 11.8. The SMILES string of the molecule is C=CCc1ccc(OCC(=O)OCc2nc(N)nc(N)n2)c(OC)c1. The third-order valence-electron chi connectivity index (χ3n) is 3.03. The van der Waals surface area contributed by atoms with Crippen molar-refractivity contribution in [3.8, 4) is 11.5 Å². The van der Waals surface area contributed by atoms with Gasteiger partial charge in [-0.1, -0.05) is 12.1 Å². The van der Waals surface area contributed by atoms with E-state index in [0.29, 0.717) is 17.9 Å². The van der Waals surface area contributed by atoms with Crippen molar-refractivity contribution in [1.29, 1.82) is 0 Å². The first-order valence-electron chi connectivity index (χ1n) is 7.34. The highest BCUT2D eigenvalue weighted by atomic mass is 16.6. The van der Waals surface area contributed by atoms with E-state index in [1.165, 1.54) is 7.11 Å². The number of rotatable bonds is 8. The van der Waals surface area contributed by atoms with Gasteiger partial charge in [0.1, 0.15) is 0 Å². The van der Waals surface area contributed by atoms with Gasteiger partial charge < -0.3 is 25.7 Å². The van der Waals surface area contributed by atoms with Crippen LogP contribution >= 0.6 is 0 Å². The second-order valence-electron chi connectivity index (χ2n) is 4.90. The van der Waals surface area contributed by atoms with Gasteiger partial charge in [-0.25, -0.2) is 4.79 Å². The molecule has 0 fully saturated rings. The lowest BCUT2D eigenvalue weighted by atomic mass is 10.1. The molecular formula is C16H19N5O4. The quantitative estimate of drug-likeness (QED) is 0.528. The Hall–Kier alpha value is -3.36. The summed E-state index contributed by atoms with van der Waals surface area (Å²) in [6.07, 6.45) is 2.49. The van der Waals surface area contributed by atoms with Crippen molar-refractivity contribution in [2.75, 3.05) is 25.2 Å². The van der Waals surface area contributed by atoms with Crippen molar-refractivity contribution in [3.05, 3.63) is 42.2 Å². The number of hydrogen-bond acceptors (Lipinski definition) is 9. The van der Waals surface area contributed by atoms with Gasteiger partial charge in [0.25, 0.3) is 0 Å². The highest BCUT2D eigenvalue weighted by Crippen LogP contribution is 2.28. The Labute approximate surface area is 144 Å². The van der Waals surface area contributed by atoms with E-state index in [-0.39, 0.29) is 30.9 Å². The summed E-state index contributed by atoms with van der Waals surface area (Å²) >= 11 is 0. The average Bonchev–Trinajstić information content (AvgIpc) is 2.58. The lowest BCUT2D eigenvalue weighted by molar-refractivity contribution is -0.147. The highest BCUT2D eigenvalue weighted by Gasteiger charge is 2.11. The zero-order chi connectivity index (χ0) is 18.2. The lowest BCUT2D eigenvalue weighted by Crippen LogP contribution is -2.16. The van der Waals surface area contributed by atoms with Gasteiger partial charge in [-0.3, -0.25) is 0 Å². The number of anilines is 2. The Kier molecular flexibility index (Phi) is 6.10. The van der Waals surface area contributed by atoms with Crippen molar-refractivity contribution < 1.29 is 19.0 Å². The van der Waals surface area contributed by atoms with Crippen LogP contribution in [0.25, 0.3) is 0 Å². The molecule has 9 nitrogen and oxygen atoms in total. The van der Waals surface area contributed by atoms with Crippen LogP contribution in [0, 0.1) is 0 Å². The molecule has 0 radical (unpaired) electrons. The number of methoxy groups -OCH3 is 1. The Morgan fingerprint density at radius 2 is 1.92 bits per heavy atom. The molecule has 0 aliphatic heterocycles. The highest BCUT2D eigenvalue weighted by molar-refractivity contribution is 5.71. The second-order valence-corrected chi connectivity index (χ2v) is 4.90. The number of carbonyl (C=O) groups is 1. The van der Waals surface area contributed by atoms with Crippen LogP contribution in [0.1, 0.15) is 11.4 Å². The molecule has 1 aromatic heterocycles. The first-order chi connectivity index (χ1) is 12.0. The Bertz CT molecular complexity index is 746. The zero-order valence-electron chi connectivity index (χ0n) is 13.8. The number of nitrogen functional groups attached to an aromatic ring is 2.